The summed E-state index contributed by atoms with van der Waals surface area (Å²) in [6, 6.07) is 0. The van der Waals surface area contributed by atoms with Crippen molar-refractivity contribution in [3.8, 4) is 0 Å². The molecule has 66 valence electrons. The van der Waals surface area contributed by atoms with Crippen LogP contribution in [0.4, 0.5) is 0 Å². The molecule has 1 fully saturated rings. The lowest BCUT2D eigenvalue weighted by molar-refractivity contribution is 0.0678. The fourth-order valence-electron chi connectivity index (χ4n) is 2.64. The molecular weight excluding hydrogens is 132 g/mol. The summed E-state index contributed by atoms with van der Waals surface area (Å²) in [7, 11) is 0. The minimum atomic E-state index is 0.720. The first kappa shape index (κ1) is 9.09. The third kappa shape index (κ3) is 1.45. The number of rotatable bonds is 4. The smallest absolute Gasteiger partial charge is 0.0277 e. The molecule has 1 aliphatic carbocycles. The molecule has 0 heteroatoms. The van der Waals surface area contributed by atoms with E-state index in [4.69, 9.17) is 0 Å². The molecule has 0 bridgehead atoms. The van der Waals surface area contributed by atoms with E-state index in [2.05, 4.69) is 20.8 Å². The number of hydrogen-bond acceptors (Lipinski definition) is 0. The maximum atomic E-state index is 2.37. The molecule has 0 heterocycles. The van der Waals surface area contributed by atoms with Crippen LogP contribution in [0, 0.1) is 11.3 Å². The first-order valence-corrected chi connectivity index (χ1v) is 5.29. The summed E-state index contributed by atoms with van der Waals surface area (Å²) < 4.78 is 0. The highest BCUT2D eigenvalue weighted by atomic mass is 14.4. The van der Waals surface area contributed by atoms with Crippen molar-refractivity contribution in [2.75, 3.05) is 0 Å². The lowest BCUT2D eigenvalue weighted by atomic mass is 9.61. The lowest BCUT2D eigenvalue weighted by Crippen LogP contribution is -2.33. The van der Waals surface area contributed by atoms with Crippen LogP contribution in [0.3, 0.4) is 0 Å². The molecule has 0 saturated heterocycles. The van der Waals surface area contributed by atoms with E-state index in [1.54, 1.807) is 0 Å². The SMILES string of the molecule is CCC(CC)(CC)C1CCC1. The molecule has 0 radical (unpaired) electrons. The van der Waals surface area contributed by atoms with Gasteiger partial charge in [0.15, 0.2) is 0 Å². The van der Waals surface area contributed by atoms with Gasteiger partial charge >= 0.3 is 0 Å². The zero-order valence-electron chi connectivity index (χ0n) is 8.32. The first-order chi connectivity index (χ1) is 5.29. The quantitative estimate of drug-likeness (QED) is 0.574. The average molecular weight is 154 g/mol. The van der Waals surface area contributed by atoms with Crippen LogP contribution in [0.25, 0.3) is 0 Å². The third-order valence-electron chi connectivity index (χ3n) is 4.08. The molecule has 0 aromatic carbocycles. The van der Waals surface area contributed by atoms with Gasteiger partial charge in [-0.25, -0.2) is 0 Å². The Labute approximate surface area is 71.4 Å². The lowest BCUT2D eigenvalue weighted by Gasteiger charge is -2.44. The highest BCUT2D eigenvalue weighted by Crippen LogP contribution is 2.48. The van der Waals surface area contributed by atoms with Gasteiger partial charge in [-0.1, -0.05) is 46.5 Å². The van der Waals surface area contributed by atoms with Gasteiger partial charge in [-0.15, -0.1) is 0 Å². The van der Waals surface area contributed by atoms with Gasteiger partial charge in [0.25, 0.3) is 0 Å². The van der Waals surface area contributed by atoms with Crippen LogP contribution in [0.5, 0.6) is 0 Å². The predicted octanol–water partition coefficient (Wildman–Crippen LogP) is 4.00. The second-order valence-electron chi connectivity index (χ2n) is 4.05. The molecule has 0 amide bonds. The molecule has 1 rings (SSSR count). The minimum absolute atomic E-state index is 0.720. The Kier molecular flexibility index (Phi) is 2.98. The Balaban J connectivity index is 2.54. The van der Waals surface area contributed by atoms with Gasteiger partial charge in [0.2, 0.25) is 0 Å². The van der Waals surface area contributed by atoms with Gasteiger partial charge < -0.3 is 0 Å². The summed E-state index contributed by atoms with van der Waals surface area (Å²) >= 11 is 0. The largest absolute Gasteiger partial charge is 0.0648 e. The van der Waals surface area contributed by atoms with E-state index in [1.807, 2.05) is 0 Å². The van der Waals surface area contributed by atoms with Crippen molar-refractivity contribution in [2.45, 2.75) is 59.3 Å². The monoisotopic (exact) mass is 154 g/mol. The Hall–Kier alpha value is 0. The van der Waals surface area contributed by atoms with E-state index in [0.717, 1.165) is 11.3 Å². The van der Waals surface area contributed by atoms with Gasteiger partial charge in [-0.3, -0.25) is 0 Å². The van der Waals surface area contributed by atoms with E-state index in [0.29, 0.717) is 0 Å². The molecule has 0 N–H and O–H groups in total. The molecule has 0 aromatic heterocycles. The average Bonchev–Trinajstić information content (AvgIpc) is 1.97. The fraction of sp³-hybridized carbons (Fsp3) is 1.00. The van der Waals surface area contributed by atoms with Crippen LogP contribution < -0.4 is 0 Å². The van der Waals surface area contributed by atoms with E-state index < -0.39 is 0 Å². The highest BCUT2D eigenvalue weighted by molar-refractivity contribution is 4.87. The Morgan fingerprint density at radius 3 is 1.55 bits per heavy atom. The summed E-state index contributed by atoms with van der Waals surface area (Å²) in [6.45, 7) is 7.10. The van der Waals surface area contributed by atoms with E-state index in [9.17, 15) is 0 Å². The normalized spacial score (nSPS) is 19.9. The van der Waals surface area contributed by atoms with Crippen LogP contribution >= 0.6 is 0 Å². The second kappa shape index (κ2) is 3.60. The maximum absolute atomic E-state index is 2.37. The van der Waals surface area contributed by atoms with Gasteiger partial charge in [-0.05, 0) is 24.2 Å². The van der Waals surface area contributed by atoms with Gasteiger partial charge in [-0.2, -0.15) is 0 Å². The van der Waals surface area contributed by atoms with Gasteiger partial charge in [0.1, 0.15) is 0 Å². The molecular formula is C11H22. The van der Waals surface area contributed by atoms with Crippen molar-refractivity contribution in [3.63, 3.8) is 0 Å². The second-order valence-corrected chi connectivity index (χ2v) is 4.05. The van der Waals surface area contributed by atoms with Crippen LogP contribution in [0.1, 0.15) is 59.3 Å². The van der Waals surface area contributed by atoms with Crippen LogP contribution in [0.2, 0.25) is 0 Å². The zero-order chi connectivity index (χ0) is 8.32. The van der Waals surface area contributed by atoms with Crippen molar-refractivity contribution in [1.29, 1.82) is 0 Å². The van der Waals surface area contributed by atoms with E-state index in [-0.39, 0.29) is 0 Å². The van der Waals surface area contributed by atoms with E-state index in [1.165, 1.54) is 38.5 Å². The minimum Gasteiger partial charge on any atom is -0.0648 e. The molecule has 1 saturated carbocycles. The molecule has 0 atom stereocenters. The molecule has 0 unspecified atom stereocenters. The standard InChI is InChI=1S/C11H22/c1-4-11(5-2,6-3)10-8-7-9-10/h10H,4-9H2,1-3H3. The molecule has 0 aliphatic heterocycles. The zero-order valence-corrected chi connectivity index (χ0v) is 8.32. The Morgan fingerprint density at radius 2 is 1.45 bits per heavy atom. The van der Waals surface area contributed by atoms with Crippen molar-refractivity contribution in [2.24, 2.45) is 11.3 Å². The number of hydrogen-bond donors (Lipinski definition) is 0. The summed E-state index contributed by atoms with van der Waals surface area (Å²) in [4.78, 5) is 0. The van der Waals surface area contributed by atoms with Gasteiger partial charge in [0.05, 0.1) is 0 Å². The topological polar surface area (TPSA) is 0 Å². The summed E-state index contributed by atoms with van der Waals surface area (Å²) in [6.07, 6.45) is 8.69. The third-order valence-corrected chi connectivity index (χ3v) is 4.08. The molecule has 11 heavy (non-hydrogen) atoms. The van der Waals surface area contributed by atoms with Crippen molar-refractivity contribution in [1.82, 2.24) is 0 Å². The van der Waals surface area contributed by atoms with Crippen molar-refractivity contribution < 1.29 is 0 Å². The van der Waals surface area contributed by atoms with Crippen molar-refractivity contribution in [3.05, 3.63) is 0 Å². The molecule has 0 nitrogen and oxygen atoms in total. The summed E-state index contributed by atoms with van der Waals surface area (Å²) in [5, 5.41) is 0. The highest BCUT2D eigenvalue weighted by Gasteiger charge is 2.37. The van der Waals surface area contributed by atoms with Gasteiger partial charge in [0, 0.05) is 0 Å². The fourth-order valence-corrected chi connectivity index (χ4v) is 2.64. The summed E-state index contributed by atoms with van der Waals surface area (Å²) in [5.74, 6) is 1.07. The molecule has 1 aliphatic rings. The Morgan fingerprint density at radius 1 is 1.00 bits per heavy atom. The van der Waals surface area contributed by atoms with E-state index >= 15 is 0 Å². The predicted molar refractivity (Wildman–Crippen MR) is 50.6 cm³/mol. The first-order valence-electron chi connectivity index (χ1n) is 5.29. The van der Waals surface area contributed by atoms with Crippen LogP contribution in [-0.4, -0.2) is 0 Å². The molecule has 0 aromatic rings. The van der Waals surface area contributed by atoms with Crippen molar-refractivity contribution >= 4 is 0 Å². The molecule has 0 spiro atoms. The summed E-state index contributed by atoms with van der Waals surface area (Å²) in [5.41, 5.74) is 0.720. The van der Waals surface area contributed by atoms with Crippen LogP contribution in [-0.2, 0) is 0 Å². The van der Waals surface area contributed by atoms with Crippen LogP contribution in [0.15, 0.2) is 0 Å². The maximum Gasteiger partial charge on any atom is -0.0277 e. The Bertz CT molecular complexity index is 98.9.